The molecule has 8 heteroatoms. The van der Waals surface area contributed by atoms with E-state index in [1.807, 2.05) is 0 Å². The van der Waals surface area contributed by atoms with Crippen molar-refractivity contribution in [2.24, 2.45) is 10.2 Å². The van der Waals surface area contributed by atoms with Crippen molar-refractivity contribution in [2.75, 3.05) is 5.73 Å². The Hall–Kier alpha value is -2.45. The summed E-state index contributed by atoms with van der Waals surface area (Å²) < 4.78 is 31.6. The highest BCUT2D eigenvalue weighted by molar-refractivity contribution is 7.86. The molecule has 0 atom stereocenters. The Balaban J connectivity index is 2.51. The smallest absolute Gasteiger partial charge is 0.296 e. The minimum Gasteiger partial charge on any atom is -0.506 e. The van der Waals surface area contributed by atoms with Crippen LogP contribution < -0.4 is 5.73 Å². The summed E-state index contributed by atoms with van der Waals surface area (Å²) in [4.78, 5) is -0.521. The molecule has 0 aromatic heterocycles. The lowest BCUT2D eigenvalue weighted by atomic mass is 10.2. The number of nitrogens with zero attached hydrogens (tertiary/aromatic N) is 2. The molecule has 0 saturated heterocycles. The van der Waals surface area contributed by atoms with Gasteiger partial charge in [-0.3, -0.25) is 4.55 Å². The van der Waals surface area contributed by atoms with Crippen LogP contribution in [0.2, 0.25) is 0 Å². The maximum atomic E-state index is 11.2. The number of hydrogen-bond acceptors (Lipinski definition) is 6. The Kier molecular flexibility index (Phi) is 3.68. The predicted octanol–water partition coefficient (Wildman–Crippen LogP) is 2.64. The number of anilines is 1. The Morgan fingerprint density at radius 3 is 2.30 bits per heavy atom. The molecule has 0 saturated carbocycles. The van der Waals surface area contributed by atoms with Gasteiger partial charge in [-0.05, 0) is 18.2 Å². The number of aromatic hydroxyl groups is 1. The standard InChI is InChI=1S/C12H11N3O4S/c13-9-6-12(20(17,18)19)10(7-11(9)16)15-14-8-4-2-1-3-5-8/h1-7,16H,13H2,(H,17,18,19). The second-order valence-corrected chi connectivity index (χ2v) is 5.28. The monoisotopic (exact) mass is 293 g/mol. The molecule has 0 radical (unpaired) electrons. The molecule has 0 amide bonds. The summed E-state index contributed by atoms with van der Waals surface area (Å²) in [5.74, 6) is -0.348. The molecule has 0 heterocycles. The second-order valence-electron chi connectivity index (χ2n) is 3.89. The lowest BCUT2D eigenvalue weighted by molar-refractivity contribution is 0.475. The number of rotatable bonds is 3. The molecule has 0 aliphatic rings. The summed E-state index contributed by atoms with van der Waals surface area (Å²) in [7, 11) is -4.52. The third-order valence-corrected chi connectivity index (χ3v) is 3.30. The van der Waals surface area contributed by atoms with Crippen molar-refractivity contribution >= 4 is 27.2 Å². The molecule has 2 aromatic rings. The summed E-state index contributed by atoms with van der Waals surface area (Å²) in [5.41, 5.74) is 5.50. The molecule has 104 valence electrons. The van der Waals surface area contributed by atoms with Gasteiger partial charge in [0, 0.05) is 6.07 Å². The van der Waals surface area contributed by atoms with Crippen LogP contribution in [0.5, 0.6) is 5.75 Å². The second kappa shape index (κ2) is 5.27. The summed E-state index contributed by atoms with van der Waals surface area (Å²) in [6.45, 7) is 0. The van der Waals surface area contributed by atoms with E-state index in [1.165, 1.54) is 0 Å². The number of phenols is 1. The van der Waals surface area contributed by atoms with Crippen molar-refractivity contribution in [1.29, 1.82) is 0 Å². The van der Waals surface area contributed by atoms with E-state index in [0.29, 0.717) is 5.69 Å². The van der Waals surface area contributed by atoms with Crippen molar-refractivity contribution < 1.29 is 18.1 Å². The first-order valence-corrected chi connectivity index (χ1v) is 6.88. The van der Waals surface area contributed by atoms with Crippen molar-refractivity contribution in [3.8, 4) is 5.75 Å². The lowest BCUT2D eigenvalue weighted by Crippen LogP contribution is -2.00. The van der Waals surface area contributed by atoms with E-state index in [2.05, 4.69) is 10.2 Å². The zero-order valence-electron chi connectivity index (χ0n) is 10.1. The fraction of sp³-hybridized carbons (Fsp3) is 0. The van der Waals surface area contributed by atoms with E-state index in [9.17, 15) is 13.5 Å². The highest BCUT2D eigenvalue weighted by Gasteiger charge is 2.18. The van der Waals surface area contributed by atoms with Crippen LogP contribution in [0.25, 0.3) is 0 Å². The van der Waals surface area contributed by atoms with Crippen molar-refractivity contribution in [1.82, 2.24) is 0 Å². The topological polar surface area (TPSA) is 125 Å². The van der Waals surface area contributed by atoms with Crippen LogP contribution in [0, 0.1) is 0 Å². The van der Waals surface area contributed by atoms with Gasteiger partial charge in [-0.25, -0.2) is 0 Å². The maximum Gasteiger partial charge on any atom is 0.296 e. The van der Waals surface area contributed by atoms with Gasteiger partial charge in [0.1, 0.15) is 16.3 Å². The van der Waals surface area contributed by atoms with Gasteiger partial charge in [-0.2, -0.15) is 13.5 Å². The number of nitrogen functional groups attached to an aromatic ring is 1. The van der Waals surface area contributed by atoms with Gasteiger partial charge < -0.3 is 10.8 Å². The molecular weight excluding hydrogens is 282 g/mol. The molecule has 2 aromatic carbocycles. The van der Waals surface area contributed by atoms with E-state index in [1.54, 1.807) is 30.3 Å². The van der Waals surface area contributed by atoms with Crippen LogP contribution in [0.4, 0.5) is 17.1 Å². The first-order valence-electron chi connectivity index (χ1n) is 5.44. The Bertz CT molecular complexity index is 758. The van der Waals surface area contributed by atoms with Crippen molar-refractivity contribution in [2.45, 2.75) is 4.90 Å². The summed E-state index contributed by atoms with van der Waals surface area (Å²) in [6, 6.07) is 10.5. The van der Waals surface area contributed by atoms with Gasteiger partial charge in [0.05, 0.1) is 11.4 Å². The van der Waals surface area contributed by atoms with Gasteiger partial charge in [0.25, 0.3) is 10.1 Å². The predicted molar refractivity (Wildman–Crippen MR) is 73.0 cm³/mol. The first-order chi connectivity index (χ1) is 9.38. The number of hydrogen-bond donors (Lipinski definition) is 3. The van der Waals surface area contributed by atoms with Gasteiger partial charge in [0.15, 0.2) is 0 Å². The van der Waals surface area contributed by atoms with Crippen LogP contribution in [0.15, 0.2) is 57.6 Å². The van der Waals surface area contributed by atoms with Crippen LogP contribution in [0.3, 0.4) is 0 Å². The maximum absolute atomic E-state index is 11.2. The Morgan fingerprint density at radius 2 is 1.70 bits per heavy atom. The molecule has 2 rings (SSSR count). The van der Waals surface area contributed by atoms with E-state index < -0.39 is 15.0 Å². The Labute approximate surface area is 115 Å². The highest BCUT2D eigenvalue weighted by atomic mass is 32.2. The van der Waals surface area contributed by atoms with Crippen LogP contribution >= 0.6 is 0 Å². The molecule has 7 nitrogen and oxygen atoms in total. The summed E-state index contributed by atoms with van der Waals surface area (Å²) >= 11 is 0. The van der Waals surface area contributed by atoms with Crippen LogP contribution in [-0.4, -0.2) is 18.1 Å². The normalized spacial score (nSPS) is 11.8. The van der Waals surface area contributed by atoms with Gasteiger partial charge >= 0.3 is 0 Å². The minimum absolute atomic E-state index is 0.184. The van der Waals surface area contributed by atoms with E-state index in [0.717, 1.165) is 12.1 Å². The highest BCUT2D eigenvalue weighted by Crippen LogP contribution is 2.34. The molecule has 4 N–H and O–H groups in total. The van der Waals surface area contributed by atoms with Gasteiger partial charge in [-0.1, -0.05) is 18.2 Å². The van der Waals surface area contributed by atoms with Crippen molar-refractivity contribution in [3.05, 3.63) is 42.5 Å². The summed E-state index contributed by atoms with van der Waals surface area (Å²) in [5, 5.41) is 17.0. The van der Waals surface area contributed by atoms with E-state index >= 15 is 0 Å². The zero-order chi connectivity index (χ0) is 14.8. The summed E-state index contributed by atoms with van der Waals surface area (Å²) in [6.07, 6.45) is 0. The fourth-order valence-electron chi connectivity index (χ4n) is 1.46. The number of benzene rings is 2. The minimum atomic E-state index is -4.52. The van der Waals surface area contributed by atoms with Crippen molar-refractivity contribution in [3.63, 3.8) is 0 Å². The zero-order valence-corrected chi connectivity index (χ0v) is 10.9. The lowest BCUT2D eigenvalue weighted by Gasteiger charge is -2.05. The van der Waals surface area contributed by atoms with E-state index in [-0.39, 0.29) is 17.1 Å². The SMILES string of the molecule is Nc1cc(S(=O)(=O)O)c(N=Nc2ccccc2)cc1O. The number of azo groups is 1. The molecule has 0 bridgehead atoms. The third-order valence-electron chi connectivity index (χ3n) is 2.42. The molecule has 0 fully saturated rings. The van der Waals surface area contributed by atoms with Gasteiger partial charge in [-0.15, -0.1) is 5.11 Å². The third kappa shape index (κ3) is 3.11. The van der Waals surface area contributed by atoms with E-state index in [4.69, 9.17) is 10.3 Å². The molecule has 0 aliphatic carbocycles. The Morgan fingerprint density at radius 1 is 1.05 bits per heavy atom. The number of nitrogens with two attached hydrogens (primary N) is 1. The average molecular weight is 293 g/mol. The molecule has 0 unspecified atom stereocenters. The molecule has 0 spiro atoms. The fourth-order valence-corrected chi connectivity index (χ4v) is 2.10. The van der Waals surface area contributed by atoms with Gasteiger partial charge in [0.2, 0.25) is 0 Å². The first kappa shape index (κ1) is 14.0. The largest absolute Gasteiger partial charge is 0.506 e. The average Bonchev–Trinajstić information content (AvgIpc) is 2.39. The number of phenolic OH excluding ortho intramolecular Hbond substituents is 1. The van der Waals surface area contributed by atoms with Crippen LogP contribution in [0.1, 0.15) is 0 Å². The van der Waals surface area contributed by atoms with Crippen LogP contribution in [-0.2, 0) is 10.1 Å². The quantitative estimate of drug-likeness (QED) is 0.347. The molecule has 20 heavy (non-hydrogen) atoms. The molecule has 0 aliphatic heterocycles. The molecular formula is C12H11N3O4S.